The Labute approximate surface area is 90.5 Å². The molecular formula is C10H20N2O3. The average Bonchev–Trinajstić information content (AvgIpc) is 2.54. The molecule has 1 amide bonds. The fourth-order valence-electron chi connectivity index (χ4n) is 1.59. The molecule has 1 aliphatic rings. The summed E-state index contributed by atoms with van der Waals surface area (Å²) in [5.41, 5.74) is 5.60. The van der Waals surface area contributed by atoms with Gasteiger partial charge in [-0.2, -0.15) is 0 Å². The zero-order chi connectivity index (χ0) is 11.1. The Bertz CT molecular complexity index is 199. The molecule has 0 bridgehead atoms. The molecule has 0 aromatic rings. The average molecular weight is 216 g/mol. The van der Waals surface area contributed by atoms with E-state index in [9.17, 15) is 4.79 Å². The molecule has 5 nitrogen and oxygen atoms in total. The van der Waals surface area contributed by atoms with E-state index < -0.39 is 0 Å². The molecule has 0 radical (unpaired) electrons. The van der Waals surface area contributed by atoms with Crippen LogP contribution in [0.2, 0.25) is 0 Å². The van der Waals surface area contributed by atoms with Crippen LogP contribution in [0.25, 0.3) is 0 Å². The SMILES string of the molecule is COCCOCCCN1CCC(N)C1=O. The Morgan fingerprint density at radius 2 is 2.27 bits per heavy atom. The molecule has 1 unspecified atom stereocenters. The van der Waals surface area contributed by atoms with Gasteiger partial charge in [-0.1, -0.05) is 0 Å². The lowest BCUT2D eigenvalue weighted by Crippen LogP contribution is -2.34. The van der Waals surface area contributed by atoms with E-state index in [4.69, 9.17) is 15.2 Å². The van der Waals surface area contributed by atoms with Gasteiger partial charge < -0.3 is 20.1 Å². The van der Waals surface area contributed by atoms with Gasteiger partial charge in [0.05, 0.1) is 19.3 Å². The maximum atomic E-state index is 11.4. The van der Waals surface area contributed by atoms with Crippen molar-refractivity contribution in [1.82, 2.24) is 4.90 Å². The van der Waals surface area contributed by atoms with Crippen LogP contribution in [0.1, 0.15) is 12.8 Å². The number of ether oxygens (including phenoxy) is 2. The quantitative estimate of drug-likeness (QED) is 0.588. The smallest absolute Gasteiger partial charge is 0.239 e. The monoisotopic (exact) mass is 216 g/mol. The zero-order valence-corrected chi connectivity index (χ0v) is 9.28. The number of hydrogen-bond donors (Lipinski definition) is 1. The summed E-state index contributed by atoms with van der Waals surface area (Å²) >= 11 is 0. The van der Waals surface area contributed by atoms with Gasteiger partial charge >= 0.3 is 0 Å². The van der Waals surface area contributed by atoms with Crippen molar-refractivity contribution in [2.24, 2.45) is 5.73 Å². The van der Waals surface area contributed by atoms with Crippen LogP contribution in [-0.2, 0) is 14.3 Å². The molecule has 1 fully saturated rings. The molecule has 1 atom stereocenters. The van der Waals surface area contributed by atoms with Crippen LogP contribution < -0.4 is 5.73 Å². The predicted molar refractivity (Wildman–Crippen MR) is 56.5 cm³/mol. The second-order valence-electron chi connectivity index (χ2n) is 3.68. The number of amides is 1. The first-order valence-corrected chi connectivity index (χ1v) is 5.36. The number of methoxy groups -OCH3 is 1. The van der Waals surface area contributed by atoms with Crippen LogP contribution in [0.5, 0.6) is 0 Å². The molecule has 0 spiro atoms. The highest BCUT2D eigenvalue weighted by atomic mass is 16.5. The first-order valence-electron chi connectivity index (χ1n) is 5.36. The number of carbonyl (C=O) groups excluding carboxylic acids is 1. The number of rotatable bonds is 7. The molecule has 0 aliphatic carbocycles. The molecule has 1 rings (SSSR count). The maximum absolute atomic E-state index is 11.4. The molecule has 1 saturated heterocycles. The topological polar surface area (TPSA) is 64.8 Å². The van der Waals surface area contributed by atoms with Crippen molar-refractivity contribution < 1.29 is 14.3 Å². The summed E-state index contributed by atoms with van der Waals surface area (Å²) in [5, 5.41) is 0. The summed E-state index contributed by atoms with van der Waals surface area (Å²) in [7, 11) is 1.65. The van der Waals surface area contributed by atoms with E-state index in [1.165, 1.54) is 0 Å². The molecule has 2 N–H and O–H groups in total. The Hall–Kier alpha value is -0.650. The Kier molecular flexibility index (Phi) is 5.60. The van der Waals surface area contributed by atoms with Gasteiger partial charge in [0.2, 0.25) is 5.91 Å². The molecule has 88 valence electrons. The highest BCUT2D eigenvalue weighted by Crippen LogP contribution is 2.08. The number of likely N-dealkylation sites (tertiary alicyclic amines) is 1. The number of nitrogens with two attached hydrogens (primary N) is 1. The van der Waals surface area contributed by atoms with Crippen molar-refractivity contribution in [3.8, 4) is 0 Å². The normalized spacial score (nSPS) is 21.3. The summed E-state index contributed by atoms with van der Waals surface area (Å²) in [6.07, 6.45) is 1.64. The highest BCUT2D eigenvalue weighted by Gasteiger charge is 2.27. The molecule has 0 saturated carbocycles. The first kappa shape index (κ1) is 12.4. The van der Waals surface area contributed by atoms with Crippen molar-refractivity contribution in [2.45, 2.75) is 18.9 Å². The van der Waals surface area contributed by atoms with E-state index in [2.05, 4.69) is 0 Å². The van der Waals surface area contributed by atoms with Gasteiger partial charge in [0.15, 0.2) is 0 Å². The molecule has 15 heavy (non-hydrogen) atoms. The molecule has 0 aromatic carbocycles. The maximum Gasteiger partial charge on any atom is 0.239 e. The second kappa shape index (κ2) is 6.76. The fourth-order valence-corrected chi connectivity index (χ4v) is 1.59. The summed E-state index contributed by atoms with van der Waals surface area (Å²) < 4.78 is 10.1. The van der Waals surface area contributed by atoms with E-state index in [0.29, 0.717) is 19.8 Å². The van der Waals surface area contributed by atoms with Crippen LogP contribution in [0, 0.1) is 0 Å². The van der Waals surface area contributed by atoms with Crippen molar-refractivity contribution in [3.63, 3.8) is 0 Å². The van der Waals surface area contributed by atoms with Crippen molar-refractivity contribution in [3.05, 3.63) is 0 Å². The Morgan fingerprint density at radius 1 is 1.47 bits per heavy atom. The van der Waals surface area contributed by atoms with Gasteiger partial charge in [-0.3, -0.25) is 4.79 Å². The zero-order valence-electron chi connectivity index (χ0n) is 9.28. The third-order valence-corrected chi connectivity index (χ3v) is 2.49. The lowest BCUT2D eigenvalue weighted by molar-refractivity contribution is -0.128. The molecule has 1 heterocycles. The molecule has 0 aromatic heterocycles. The van der Waals surface area contributed by atoms with Crippen molar-refractivity contribution >= 4 is 5.91 Å². The molecular weight excluding hydrogens is 196 g/mol. The lowest BCUT2D eigenvalue weighted by Gasteiger charge is -2.15. The molecule has 5 heteroatoms. The first-order chi connectivity index (χ1) is 7.25. The Morgan fingerprint density at radius 3 is 2.87 bits per heavy atom. The van der Waals surface area contributed by atoms with Crippen LogP contribution in [0.3, 0.4) is 0 Å². The minimum atomic E-state index is -0.278. The summed E-state index contributed by atoms with van der Waals surface area (Å²) in [6.45, 7) is 3.44. The van der Waals surface area contributed by atoms with Crippen LogP contribution in [0.15, 0.2) is 0 Å². The number of nitrogens with zero attached hydrogens (tertiary/aromatic N) is 1. The third kappa shape index (κ3) is 4.15. The van der Waals surface area contributed by atoms with E-state index in [1.54, 1.807) is 7.11 Å². The van der Waals surface area contributed by atoms with Crippen molar-refractivity contribution in [1.29, 1.82) is 0 Å². The minimum Gasteiger partial charge on any atom is -0.382 e. The van der Waals surface area contributed by atoms with Gasteiger partial charge in [0, 0.05) is 26.8 Å². The summed E-state index contributed by atoms with van der Waals surface area (Å²) in [6, 6.07) is -0.278. The van der Waals surface area contributed by atoms with Gasteiger partial charge in [-0.25, -0.2) is 0 Å². The van der Waals surface area contributed by atoms with E-state index in [1.807, 2.05) is 4.90 Å². The molecule has 1 aliphatic heterocycles. The standard InChI is InChI=1S/C10H20N2O3/c1-14-7-8-15-6-2-4-12-5-3-9(11)10(12)13/h9H,2-8,11H2,1H3. The Balaban J connectivity index is 1.98. The van der Waals surface area contributed by atoms with Crippen molar-refractivity contribution in [2.75, 3.05) is 40.0 Å². The second-order valence-corrected chi connectivity index (χ2v) is 3.68. The van der Waals surface area contributed by atoms with Gasteiger partial charge in [0.25, 0.3) is 0 Å². The van der Waals surface area contributed by atoms with E-state index >= 15 is 0 Å². The largest absolute Gasteiger partial charge is 0.382 e. The predicted octanol–water partition coefficient (Wildman–Crippen LogP) is -0.401. The fraction of sp³-hybridized carbons (Fsp3) is 0.900. The van der Waals surface area contributed by atoms with E-state index in [0.717, 1.165) is 25.9 Å². The van der Waals surface area contributed by atoms with Crippen LogP contribution in [-0.4, -0.2) is 56.9 Å². The summed E-state index contributed by atoms with van der Waals surface area (Å²) in [4.78, 5) is 13.2. The van der Waals surface area contributed by atoms with Gasteiger partial charge in [-0.15, -0.1) is 0 Å². The van der Waals surface area contributed by atoms with Gasteiger partial charge in [-0.05, 0) is 12.8 Å². The third-order valence-electron chi connectivity index (χ3n) is 2.49. The number of carbonyl (C=O) groups is 1. The lowest BCUT2D eigenvalue weighted by atomic mass is 10.3. The van der Waals surface area contributed by atoms with Gasteiger partial charge in [0.1, 0.15) is 0 Å². The van der Waals surface area contributed by atoms with E-state index in [-0.39, 0.29) is 11.9 Å². The minimum absolute atomic E-state index is 0.0758. The highest BCUT2D eigenvalue weighted by molar-refractivity contribution is 5.83. The van der Waals surface area contributed by atoms with Crippen LogP contribution >= 0.6 is 0 Å². The summed E-state index contributed by atoms with van der Waals surface area (Å²) in [5.74, 6) is 0.0758. The van der Waals surface area contributed by atoms with Crippen LogP contribution in [0.4, 0.5) is 0 Å². The number of hydrogen-bond acceptors (Lipinski definition) is 4.